The van der Waals surface area contributed by atoms with Crippen LogP contribution in [0.3, 0.4) is 0 Å². The molecular weight excluding hydrogens is 216 g/mol. The second-order valence-corrected chi connectivity index (χ2v) is 5.73. The number of unbranched alkanes of at least 4 members (excludes halogenated alkanes) is 2. The number of aliphatic hydroxyl groups is 1. The molecule has 2 unspecified atom stereocenters. The first-order chi connectivity index (χ1) is 6.88. The van der Waals surface area contributed by atoms with E-state index in [1.54, 1.807) is 13.8 Å². The first-order valence-corrected chi connectivity index (χ1v) is 7.02. The molecule has 5 heteroatoms. The Kier molecular flexibility index (Phi) is 7.13. The lowest BCUT2D eigenvalue weighted by atomic mass is 10.1. The molecule has 0 aromatic rings. The topological polar surface area (TPSA) is 74.6 Å². The molecule has 4 nitrogen and oxygen atoms in total. The molecule has 0 heterocycles. The van der Waals surface area contributed by atoms with E-state index in [-0.39, 0.29) is 6.10 Å². The van der Waals surface area contributed by atoms with E-state index in [4.69, 9.17) is 9.66 Å². The van der Waals surface area contributed by atoms with Crippen LogP contribution in [0.25, 0.3) is 0 Å². The highest BCUT2D eigenvalue weighted by Crippen LogP contribution is 2.14. The third kappa shape index (κ3) is 7.76. The Labute approximate surface area is 92.4 Å². The van der Waals surface area contributed by atoms with Crippen molar-refractivity contribution in [2.24, 2.45) is 0 Å². The molecule has 2 N–H and O–H groups in total. The fraction of sp³-hybridized carbons (Fsp3) is 1.00. The van der Waals surface area contributed by atoms with Crippen LogP contribution in [0.4, 0.5) is 0 Å². The molecule has 0 aliphatic heterocycles. The summed E-state index contributed by atoms with van der Waals surface area (Å²) >= 11 is 0. The monoisotopic (exact) mass is 238 g/mol. The van der Waals surface area contributed by atoms with Crippen molar-refractivity contribution >= 4 is 10.1 Å². The van der Waals surface area contributed by atoms with Crippen LogP contribution in [-0.2, 0) is 10.1 Å². The summed E-state index contributed by atoms with van der Waals surface area (Å²) < 4.78 is 30.6. The molecular formula is C10H22O4S. The van der Waals surface area contributed by atoms with Gasteiger partial charge < -0.3 is 5.11 Å². The van der Waals surface area contributed by atoms with Gasteiger partial charge in [0.1, 0.15) is 0 Å². The predicted molar refractivity (Wildman–Crippen MR) is 60.4 cm³/mol. The number of hydrogen-bond acceptors (Lipinski definition) is 3. The molecule has 0 fully saturated rings. The lowest BCUT2D eigenvalue weighted by Crippen LogP contribution is -2.19. The van der Waals surface area contributed by atoms with Crippen LogP contribution in [0.2, 0.25) is 0 Å². The zero-order chi connectivity index (χ0) is 11.9. The first-order valence-electron chi connectivity index (χ1n) is 5.52. The normalized spacial score (nSPS) is 16.3. The van der Waals surface area contributed by atoms with Crippen molar-refractivity contribution in [3.8, 4) is 0 Å². The van der Waals surface area contributed by atoms with Crippen molar-refractivity contribution in [1.29, 1.82) is 0 Å². The van der Waals surface area contributed by atoms with E-state index in [0.717, 1.165) is 25.7 Å². The van der Waals surface area contributed by atoms with Gasteiger partial charge in [-0.1, -0.05) is 26.2 Å². The third-order valence-electron chi connectivity index (χ3n) is 2.52. The number of aliphatic hydroxyl groups excluding tert-OH is 1. The van der Waals surface area contributed by atoms with E-state index in [1.807, 2.05) is 0 Å². The number of hydrogen-bond donors (Lipinski definition) is 2. The quantitative estimate of drug-likeness (QED) is 0.501. The second kappa shape index (κ2) is 7.19. The molecule has 0 saturated heterocycles. The van der Waals surface area contributed by atoms with Crippen molar-refractivity contribution in [2.45, 2.75) is 63.7 Å². The third-order valence-corrected chi connectivity index (χ3v) is 3.94. The second-order valence-electron chi connectivity index (χ2n) is 4.03. The molecule has 0 saturated carbocycles. The lowest BCUT2D eigenvalue weighted by Gasteiger charge is -2.11. The minimum absolute atomic E-state index is 0.284. The van der Waals surface area contributed by atoms with Gasteiger partial charge in [0.15, 0.2) is 0 Å². The zero-order valence-corrected chi connectivity index (χ0v) is 10.3. The van der Waals surface area contributed by atoms with Crippen LogP contribution >= 0.6 is 0 Å². The molecule has 0 bridgehead atoms. The molecule has 2 atom stereocenters. The Morgan fingerprint density at radius 3 is 2.07 bits per heavy atom. The Morgan fingerprint density at radius 1 is 1.13 bits per heavy atom. The van der Waals surface area contributed by atoms with E-state index < -0.39 is 15.4 Å². The zero-order valence-electron chi connectivity index (χ0n) is 9.52. The van der Waals surface area contributed by atoms with Gasteiger partial charge in [-0.2, -0.15) is 8.42 Å². The van der Waals surface area contributed by atoms with Crippen LogP contribution in [0.5, 0.6) is 0 Å². The Hall–Kier alpha value is -0.130. The van der Waals surface area contributed by atoms with Gasteiger partial charge >= 0.3 is 0 Å². The van der Waals surface area contributed by atoms with Crippen LogP contribution in [0, 0.1) is 0 Å². The standard InChI is InChI=1S/C10H22O4S/c1-3-10(15(12,13)14)8-6-4-5-7-9(2)11/h9-11H,3-8H2,1-2H3,(H,12,13,14). The minimum Gasteiger partial charge on any atom is -0.393 e. The van der Waals surface area contributed by atoms with Crippen molar-refractivity contribution in [3.63, 3.8) is 0 Å². The van der Waals surface area contributed by atoms with E-state index in [9.17, 15) is 8.42 Å². The molecule has 0 aliphatic rings. The Balaban J connectivity index is 3.66. The molecule has 15 heavy (non-hydrogen) atoms. The van der Waals surface area contributed by atoms with Crippen LogP contribution < -0.4 is 0 Å². The highest BCUT2D eigenvalue weighted by atomic mass is 32.2. The van der Waals surface area contributed by atoms with Crippen molar-refractivity contribution in [2.75, 3.05) is 0 Å². The molecule has 0 spiro atoms. The Morgan fingerprint density at radius 2 is 1.67 bits per heavy atom. The van der Waals surface area contributed by atoms with Gasteiger partial charge in [-0.3, -0.25) is 4.55 Å². The maximum atomic E-state index is 10.8. The SMILES string of the molecule is CCC(CCCCCC(C)O)S(=O)(=O)O. The minimum atomic E-state index is -3.87. The van der Waals surface area contributed by atoms with Crippen molar-refractivity contribution in [1.82, 2.24) is 0 Å². The molecule has 92 valence electrons. The lowest BCUT2D eigenvalue weighted by molar-refractivity contribution is 0.180. The summed E-state index contributed by atoms with van der Waals surface area (Å²) in [4.78, 5) is 0. The van der Waals surface area contributed by atoms with Crippen molar-refractivity contribution < 1.29 is 18.1 Å². The van der Waals surface area contributed by atoms with Gasteiger partial charge in [0.25, 0.3) is 10.1 Å². The molecule has 0 radical (unpaired) electrons. The van der Waals surface area contributed by atoms with E-state index in [2.05, 4.69) is 0 Å². The molecule has 0 rings (SSSR count). The summed E-state index contributed by atoms with van der Waals surface area (Å²) in [5.41, 5.74) is 0. The van der Waals surface area contributed by atoms with E-state index in [0.29, 0.717) is 12.8 Å². The van der Waals surface area contributed by atoms with Crippen molar-refractivity contribution in [3.05, 3.63) is 0 Å². The molecule has 0 aromatic heterocycles. The van der Waals surface area contributed by atoms with Gasteiger partial charge in [-0.25, -0.2) is 0 Å². The fourth-order valence-electron chi connectivity index (χ4n) is 1.55. The average Bonchev–Trinajstić information content (AvgIpc) is 2.08. The largest absolute Gasteiger partial charge is 0.393 e. The van der Waals surface area contributed by atoms with E-state index >= 15 is 0 Å². The summed E-state index contributed by atoms with van der Waals surface area (Å²) in [6, 6.07) is 0. The molecule has 0 aromatic carbocycles. The van der Waals surface area contributed by atoms with Gasteiger partial charge in [-0.05, 0) is 26.2 Å². The van der Waals surface area contributed by atoms with Gasteiger partial charge in [-0.15, -0.1) is 0 Å². The maximum Gasteiger partial charge on any atom is 0.267 e. The summed E-state index contributed by atoms with van der Waals surface area (Å²) in [6.45, 7) is 3.50. The summed E-state index contributed by atoms with van der Waals surface area (Å²) in [5.74, 6) is 0. The Bertz CT molecular complexity index is 246. The highest BCUT2D eigenvalue weighted by Gasteiger charge is 2.19. The van der Waals surface area contributed by atoms with Crippen LogP contribution in [0.15, 0.2) is 0 Å². The van der Waals surface area contributed by atoms with Gasteiger partial charge in [0.05, 0.1) is 11.4 Å². The maximum absolute atomic E-state index is 10.8. The molecule has 0 aliphatic carbocycles. The first kappa shape index (κ1) is 14.9. The van der Waals surface area contributed by atoms with Crippen LogP contribution in [0.1, 0.15) is 52.4 Å². The number of rotatable bonds is 8. The summed E-state index contributed by atoms with van der Waals surface area (Å²) in [5, 5.41) is 8.38. The highest BCUT2D eigenvalue weighted by molar-refractivity contribution is 7.86. The van der Waals surface area contributed by atoms with Gasteiger partial charge in [0.2, 0.25) is 0 Å². The van der Waals surface area contributed by atoms with Gasteiger partial charge in [0, 0.05) is 0 Å². The summed E-state index contributed by atoms with van der Waals surface area (Å²) in [6.07, 6.45) is 4.02. The summed E-state index contributed by atoms with van der Waals surface area (Å²) in [7, 11) is -3.87. The smallest absolute Gasteiger partial charge is 0.267 e. The van der Waals surface area contributed by atoms with Crippen LogP contribution in [-0.4, -0.2) is 29.4 Å². The predicted octanol–water partition coefficient (Wildman–Crippen LogP) is 1.98. The fourth-order valence-corrected chi connectivity index (χ4v) is 2.44. The van der Waals surface area contributed by atoms with E-state index in [1.165, 1.54) is 0 Å². The molecule has 0 amide bonds. The average molecular weight is 238 g/mol.